The van der Waals surface area contributed by atoms with Gasteiger partial charge in [0.05, 0.1) is 0 Å². The fourth-order valence-corrected chi connectivity index (χ4v) is 2.04. The molecular formula is C19H22. The van der Waals surface area contributed by atoms with E-state index in [0.717, 1.165) is 6.42 Å². The topological polar surface area (TPSA) is 0 Å². The molecule has 0 bridgehead atoms. The van der Waals surface area contributed by atoms with Crippen molar-refractivity contribution in [3.63, 3.8) is 0 Å². The molecule has 0 unspecified atom stereocenters. The molecule has 0 atom stereocenters. The molecule has 0 saturated heterocycles. The Bertz CT molecular complexity index is 525. The highest BCUT2D eigenvalue weighted by molar-refractivity contribution is 5.50. The van der Waals surface area contributed by atoms with Crippen LogP contribution in [0.15, 0.2) is 60.7 Å². The normalized spacial score (nSPS) is 11.9. The minimum Gasteiger partial charge on any atom is -0.0795 e. The van der Waals surface area contributed by atoms with E-state index >= 15 is 0 Å². The third-order valence-electron chi connectivity index (χ3n) is 3.28. The highest BCUT2D eigenvalue weighted by Crippen LogP contribution is 2.22. The van der Waals surface area contributed by atoms with E-state index in [1.807, 2.05) is 0 Å². The lowest BCUT2D eigenvalue weighted by atomic mass is 9.87. The maximum Gasteiger partial charge on any atom is -0.00941 e. The second-order valence-corrected chi connectivity index (χ2v) is 5.96. The van der Waals surface area contributed by atoms with Crippen LogP contribution in [0.3, 0.4) is 0 Å². The molecule has 0 saturated carbocycles. The summed E-state index contributed by atoms with van der Waals surface area (Å²) in [4.78, 5) is 0. The van der Waals surface area contributed by atoms with Crippen molar-refractivity contribution in [3.05, 3.63) is 77.4 Å². The summed E-state index contributed by atoms with van der Waals surface area (Å²) in [5.74, 6) is 0. The standard InChI is InChI=1S/C19H22/c1-19(2,3)18-14-12-17(13-15-18)11-7-10-16-8-5-4-6-9-16/h4-9,11-15H,10H2,1-3H3. The molecule has 2 aromatic rings. The van der Waals surface area contributed by atoms with Crippen molar-refractivity contribution >= 4 is 6.08 Å². The predicted octanol–water partition coefficient (Wildman–Crippen LogP) is 5.24. The van der Waals surface area contributed by atoms with Gasteiger partial charge in [0, 0.05) is 0 Å². The van der Waals surface area contributed by atoms with Crippen LogP contribution in [0.5, 0.6) is 0 Å². The zero-order valence-corrected chi connectivity index (χ0v) is 12.1. The Morgan fingerprint density at radius 3 is 2.05 bits per heavy atom. The van der Waals surface area contributed by atoms with Crippen LogP contribution in [0, 0.1) is 0 Å². The zero-order valence-electron chi connectivity index (χ0n) is 12.1. The van der Waals surface area contributed by atoms with E-state index in [0.29, 0.717) is 0 Å². The molecule has 0 spiro atoms. The summed E-state index contributed by atoms with van der Waals surface area (Å²) in [5, 5.41) is 0. The summed E-state index contributed by atoms with van der Waals surface area (Å²) in [5.41, 5.74) is 4.23. The van der Waals surface area contributed by atoms with Crippen molar-refractivity contribution in [2.24, 2.45) is 0 Å². The molecule has 0 heteroatoms. The van der Waals surface area contributed by atoms with Gasteiger partial charge in [-0.25, -0.2) is 0 Å². The zero-order chi connectivity index (χ0) is 13.7. The molecule has 2 rings (SSSR count). The molecule has 0 aliphatic rings. The Balaban J connectivity index is 2.00. The van der Waals surface area contributed by atoms with Gasteiger partial charge in [-0.1, -0.05) is 87.5 Å². The lowest BCUT2D eigenvalue weighted by molar-refractivity contribution is 0.590. The first-order valence-electron chi connectivity index (χ1n) is 6.87. The van der Waals surface area contributed by atoms with Crippen molar-refractivity contribution in [2.75, 3.05) is 0 Å². The summed E-state index contributed by atoms with van der Waals surface area (Å²) >= 11 is 0. The van der Waals surface area contributed by atoms with Gasteiger partial charge in [-0.3, -0.25) is 0 Å². The highest BCUT2D eigenvalue weighted by atomic mass is 14.2. The number of allylic oxidation sites excluding steroid dienone is 1. The van der Waals surface area contributed by atoms with Gasteiger partial charge in [-0.05, 0) is 28.5 Å². The number of hydrogen-bond acceptors (Lipinski definition) is 0. The first-order valence-corrected chi connectivity index (χ1v) is 6.87. The summed E-state index contributed by atoms with van der Waals surface area (Å²) in [6.45, 7) is 6.73. The summed E-state index contributed by atoms with van der Waals surface area (Å²) in [7, 11) is 0. The van der Waals surface area contributed by atoms with Crippen molar-refractivity contribution in [1.82, 2.24) is 0 Å². The van der Waals surface area contributed by atoms with Crippen LogP contribution in [0.4, 0.5) is 0 Å². The van der Waals surface area contributed by atoms with Crippen molar-refractivity contribution in [2.45, 2.75) is 32.6 Å². The van der Waals surface area contributed by atoms with E-state index < -0.39 is 0 Å². The quantitative estimate of drug-likeness (QED) is 0.698. The Labute approximate surface area is 116 Å². The van der Waals surface area contributed by atoms with Crippen LogP contribution in [-0.4, -0.2) is 0 Å². The Morgan fingerprint density at radius 1 is 0.842 bits per heavy atom. The minimum absolute atomic E-state index is 0.228. The molecule has 0 heterocycles. The Morgan fingerprint density at radius 2 is 1.47 bits per heavy atom. The molecular weight excluding hydrogens is 228 g/mol. The molecule has 2 aromatic carbocycles. The first kappa shape index (κ1) is 13.6. The van der Waals surface area contributed by atoms with Crippen LogP contribution >= 0.6 is 0 Å². The molecule has 0 aromatic heterocycles. The SMILES string of the molecule is CC(C)(C)c1ccc(C=CCc2ccccc2)cc1. The lowest BCUT2D eigenvalue weighted by Crippen LogP contribution is -2.10. The third-order valence-corrected chi connectivity index (χ3v) is 3.28. The van der Waals surface area contributed by atoms with Crippen LogP contribution in [0.25, 0.3) is 6.08 Å². The Kier molecular flexibility index (Phi) is 4.21. The summed E-state index contributed by atoms with van der Waals surface area (Å²) in [6.07, 6.45) is 5.41. The minimum atomic E-state index is 0.228. The maximum atomic E-state index is 2.24. The van der Waals surface area contributed by atoms with Crippen LogP contribution in [0.1, 0.15) is 37.5 Å². The van der Waals surface area contributed by atoms with E-state index in [2.05, 4.69) is 87.5 Å². The fraction of sp³-hybridized carbons (Fsp3) is 0.263. The van der Waals surface area contributed by atoms with Crippen LogP contribution in [-0.2, 0) is 11.8 Å². The van der Waals surface area contributed by atoms with Crippen molar-refractivity contribution < 1.29 is 0 Å². The molecule has 19 heavy (non-hydrogen) atoms. The molecule has 0 aliphatic heterocycles. The van der Waals surface area contributed by atoms with Gasteiger partial charge in [-0.15, -0.1) is 0 Å². The first-order chi connectivity index (χ1) is 9.05. The monoisotopic (exact) mass is 250 g/mol. The molecule has 98 valence electrons. The van der Waals surface area contributed by atoms with E-state index in [9.17, 15) is 0 Å². The molecule has 0 radical (unpaired) electrons. The van der Waals surface area contributed by atoms with E-state index in [1.54, 1.807) is 0 Å². The van der Waals surface area contributed by atoms with Gasteiger partial charge in [0.15, 0.2) is 0 Å². The van der Waals surface area contributed by atoms with Crippen molar-refractivity contribution in [3.8, 4) is 0 Å². The number of hydrogen-bond donors (Lipinski definition) is 0. The van der Waals surface area contributed by atoms with Gasteiger partial charge in [0.25, 0.3) is 0 Å². The molecule has 0 N–H and O–H groups in total. The van der Waals surface area contributed by atoms with E-state index in [4.69, 9.17) is 0 Å². The maximum absolute atomic E-state index is 2.24. The van der Waals surface area contributed by atoms with Crippen LogP contribution in [0.2, 0.25) is 0 Å². The van der Waals surface area contributed by atoms with E-state index in [-0.39, 0.29) is 5.41 Å². The molecule has 0 amide bonds. The second kappa shape index (κ2) is 5.88. The average molecular weight is 250 g/mol. The predicted molar refractivity (Wildman–Crippen MR) is 84.3 cm³/mol. The number of rotatable bonds is 3. The fourth-order valence-electron chi connectivity index (χ4n) is 2.04. The molecule has 0 aliphatic carbocycles. The van der Waals surface area contributed by atoms with Crippen LogP contribution < -0.4 is 0 Å². The third kappa shape index (κ3) is 4.10. The lowest BCUT2D eigenvalue weighted by Gasteiger charge is -2.18. The largest absolute Gasteiger partial charge is 0.0795 e. The Hall–Kier alpha value is -1.82. The van der Waals surface area contributed by atoms with Gasteiger partial charge in [-0.2, -0.15) is 0 Å². The van der Waals surface area contributed by atoms with Gasteiger partial charge < -0.3 is 0 Å². The van der Waals surface area contributed by atoms with Gasteiger partial charge in [0.2, 0.25) is 0 Å². The second-order valence-electron chi connectivity index (χ2n) is 5.96. The highest BCUT2D eigenvalue weighted by Gasteiger charge is 2.12. The molecule has 0 fully saturated rings. The van der Waals surface area contributed by atoms with E-state index in [1.165, 1.54) is 16.7 Å². The summed E-state index contributed by atoms with van der Waals surface area (Å²) in [6, 6.07) is 19.4. The van der Waals surface area contributed by atoms with Gasteiger partial charge >= 0.3 is 0 Å². The van der Waals surface area contributed by atoms with Gasteiger partial charge in [0.1, 0.15) is 0 Å². The smallest absolute Gasteiger partial charge is 0.00941 e. The van der Waals surface area contributed by atoms with Crippen molar-refractivity contribution in [1.29, 1.82) is 0 Å². The average Bonchev–Trinajstić information content (AvgIpc) is 2.39. The summed E-state index contributed by atoms with van der Waals surface area (Å²) < 4.78 is 0. The number of benzene rings is 2. The molecule has 0 nitrogen and oxygen atoms in total.